The van der Waals surface area contributed by atoms with E-state index >= 15 is 0 Å². The Labute approximate surface area is 141 Å². The van der Waals surface area contributed by atoms with Gasteiger partial charge in [-0.25, -0.2) is 0 Å². The molecule has 1 aliphatic carbocycles. The van der Waals surface area contributed by atoms with Gasteiger partial charge in [0.2, 0.25) is 0 Å². The summed E-state index contributed by atoms with van der Waals surface area (Å²) in [7, 11) is 0. The van der Waals surface area contributed by atoms with Gasteiger partial charge in [-0.3, -0.25) is 14.7 Å². The van der Waals surface area contributed by atoms with E-state index in [1.807, 2.05) is 18.2 Å². The summed E-state index contributed by atoms with van der Waals surface area (Å²) in [4.78, 5) is 18.6. The quantitative estimate of drug-likeness (QED) is 0.796. The molecule has 5 heteroatoms. The lowest BCUT2D eigenvalue weighted by atomic mass is 10.2. The average Bonchev–Trinajstić information content (AvgIpc) is 3.53. The maximum Gasteiger partial charge on any atom is 0.255 e. The number of nitrogens with one attached hydrogen (secondary N) is 1. The molecule has 1 saturated heterocycles. The van der Waals surface area contributed by atoms with Crippen molar-refractivity contribution in [3.05, 3.63) is 54.4 Å². The van der Waals surface area contributed by atoms with Crippen LogP contribution in [-0.2, 0) is 0 Å². The molecule has 1 saturated carbocycles. The van der Waals surface area contributed by atoms with Gasteiger partial charge in [-0.05, 0) is 55.2 Å². The largest absolute Gasteiger partial charge is 0.492 e. The van der Waals surface area contributed by atoms with E-state index < -0.39 is 0 Å². The molecule has 0 radical (unpaired) electrons. The average molecular weight is 323 g/mol. The molecule has 24 heavy (non-hydrogen) atoms. The number of carbonyl (C=O) groups is 1. The molecule has 5 nitrogen and oxygen atoms in total. The number of benzene rings is 1. The van der Waals surface area contributed by atoms with Crippen LogP contribution < -0.4 is 10.1 Å². The summed E-state index contributed by atoms with van der Waals surface area (Å²) in [6, 6.07) is 11.4. The standard InChI is InChI=1S/C19H21N3O2/c23-19(21-16-2-1-9-20-10-16)15-5-7-18(8-6-15)24-13-17-12-22(17)11-14-3-4-14/h1-2,5-10,14,17H,3-4,11-13H2,(H,21,23). The summed E-state index contributed by atoms with van der Waals surface area (Å²) in [6.07, 6.45) is 6.09. The summed E-state index contributed by atoms with van der Waals surface area (Å²) >= 11 is 0. The van der Waals surface area contributed by atoms with Crippen LogP contribution >= 0.6 is 0 Å². The predicted octanol–water partition coefficient (Wildman–Crippen LogP) is 2.81. The highest BCUT2D eigenvalue weighted by Gasteiger charge is 2.38. The lowest BCUT2D eigenvalue weighted by Gasteiger charge is -2.08. The molecule has 2 aromatic rings. The summed E-state index contributed by atoms with van der Waals surface area (Å²) in [5.74, 6) is 1.60. The Balaban J connectivity index is 1.26. The monoisotopic (exact) mass is 323 g/mol. The SMILES string of the molecule is O=C(Nc1cccnc1)c1ccc(OCC2CN2CC2CC2)cc1. The van der Waals surface area contributed by atoms with Crippen molar-refractivity contribution >= 4 is 11.6 Å². The Hall–Kier alpha value is -2.40. The molecular weight excluding hydrogens is 302 g/mol. The number of rotatable bonds is 7. The van der Waals surface area contributed by atoms with Gasteiger partial charge < -0.3 is 10.1 Å². The van der Waals surface area contributed by atoms with E-state index in [4.69, 9.17) is 4.74 Å². The van der Waals surface area contributed by atoms with Gasteiger partial charge in [0.05, 0.1) is 17.9 Å². The van der Waals surface area contributed by atoms with Crippen LogP contribution in [0.15, 0.2) is 48.8 Å². The van der Waals surface area contributed by atoms with Gasteiger partial charge in [0, 0.05) is 24.8 Å². The normalized spacial score (nSPS) is 22.0. The Morgan fingerprint density at radius 2 is 2.08 bits per heavy atom. The Kier molecular flexibility index (Phi) is 4.17. The molecule has 1 aromatic carbocycles. The van der Waals surface area contributed by atoms with Crippen molar-refractivity contribution in [1.82, 2.24) is 9.88 Å². The lowest BCUT2D eigenvalue weighted by molar-refractivity contribution is 0.102. The highest BCUT2D eigenvalue weighted by molar-refractivity contribution is 6.04. The third kappa shape index (κ3) is 3.92. The van der Waals surface area contributed by atoms with E-state index in [1.54, 1.807) is 30.6 Å². The van der Waals surface area contributed by atoms with E-state index in [2.05, 4.69) is 15.2 Å². The third-order valence-electron chi connectivity index (χ3n) is 4.50. The first-order chi connectivity index (χ1) is 11.8. The first-order valence-corrected chi connectivity index (χ1v) is 8.46. The molecule has 0 bridgehead atoms. The van der Waals surface area contributed by atoms with Crippen LogP contribution in [0.3, 0.4) is 0 Å². The van der Waals surface area contributed by atoms with E-state index in [9.17, 15) is 4.79 Å². The lowest BCUT2D eigenvalue weighted by Crippen LogP contribution is -2.13. The van der Waals surface area contributed by atoms with Crippen molar-refractivity contribution in [2.24, 2.45) is 5.92 Å². The molecule has 2 atom stereocenters. The summed E-state index contributed by atoms with van der Waals surface area (Å²) in [6.45, 7) is 3.12. The molecule has 0 spiro atoms. The smallest absolute Gasteiger partial charge is 0.255 e. The second kappa shape index (κ2) is 6.61. The predicted molar refractivity (Wildman–Crippen MR) is 92.2 cm³/mol. The minimum absolute atomic E-state index is 0.146. The number of aromatic nitrogens is 1. The minimum atomic E-state index is -0.146. The molecule has 1 N–H and O–H groups in total. The minimum Gasteiger partial charge on any atom is -0.492 e. The van der Waals surface area contributed by atoms with Gasteiger partial charge in [-0.2, -0.15) is 0 Å². The number of carbonyl (C=O) groups excluding carboxylic acids is 1. The summed E-state index contributed by atoms with van der Waals surface area (Å²) in [5, 5.41) is 2.82. The highest BCUT2D eigenvalue weighted by Crippen LogP contribution is 2.33. The first kappa shape index (κ1) is 15.1. The van der Waals surface area contributed by atoms with Crippen LogP contribution in [-0.4, -0.2) is 41.5 Å². The molecule has 1 aromatic heterocycles. The molecule has 2 aliphatic rings. The van der Waals surface area contributed by atoms with Gasteiger partial charge in [-0.1, -0.05) is 0 Å². The van der Waals surface area contributed by atoms with E-state index in [0.717, 1.165) is 24.8 Å². The molecule has 1 aliphatic heterocycles. The molecule has 124 valence electrons. The highest BCUT2D eigenvalue weighted by atomic mass is 16.5. The van der Waals surface area contributed by atoms with Crippen molar-refractivity contribution in [3.63, 3.8) is 0 Å². The number of nitrogens with zero attached hydrogens (tertiary/aromatic N) is 2. The second-order valence-corrected chi connectivity index (χ2v) is 6.58. The molecule has 2 heterocycles. The maximum atomic E-state index is 12.2. The van der Waals surface area contributed by atoms with Crippen LogP contribution in [0.4, 0.5) is 5.69 Å². The third-order valence-corrected chi connectivity index (χ3v) is 4.50. The zero-order valence-corrected chi connectivity index (χ0v) is 13.5. The van der Waals surface area contributed by atoms with Crippen molar-refractivity contribution in [1.29, 1.82) is 0 Å². The van der Waals surface area contributed by atoms with Crippen molar-refractivity contribution in [2.45, 2.75) is 18.9 Å². The number of ether oxygens (including phenoxy) is 1. The number of anilines is 1. The molecular formula is C19H21N3O2. The van der Waals surface area contributed by atoms with E-state index in [1.165, 1.54) is 19.4 Å². The van der Waals surface area contributed by atoms with Crippen LogP contribution in [0.5, 0.6) is 5.75 Å². The van der Waals surface area contributed by atoms with E-state index in [0.29, 0.717) is 17.3 Å². The van der Waals surface area contributed by atoms with Crippen molar-refractivity contribution in [3.8, 4) is 5.75 Å². The second-order valence-electron chi connectivity index (χ2n) is 6.58. The van der Waals surface area contributed by atoms with Crippen LogP contribution in [0.2, 0.25) is 0 Å². The Bertz CT molecular complexity index is 698. The first-order valence-electron chi connectivity index (χ1n) is 8.46. The Morgan fingerprint density at radius 3 is 2.79 bits per heavy atom. The topological polar surface area (TPSA) is 54.2 Å². The fraction of sp³-hybridized carbons (Fsp3) is 0.368. The molecule has 4 rings (SSSR count). The Morgan fingerprint density at radius 1 is 1.25 bits per heavy atom. The van der Waals surface area contributed by atoms with Crippen molar-refractivity contribution in [2.75, 3.05) is 25.0 Å². The zero-order valence-electron chi connectivity index (χ0n) is 13.5. The zero-order chi connectivity index (χ0) is 16.4. The van der Waals surface area contributed by atoms with Gasteiger partial charge in [0.25, 0.3) is 5.91 Å². The van der Waals surface area contributed by atoms with Crippen LogP contribution in [0.1, 0.15) is 23.2 Å². The van der Waals surface area contributed by atoms with Gasteiger partial charge >= 0.3 is 0 Å². The van der Waals surface area contributed by atoms with Gasteiger partial charge in [0.1, 0.15) is 12.4 Å². The number of amides is 1. The summed E-state index contributed by atoms with van der Waals surface area (Å²) < 4.78 is 5.83. The number of hydrogen-bond donors (Lipinski definition) is 1. The molecule has 2 unspecified atom stereocenters. The van der Waals surface area contributed by atoms with E-state index in [-0.39, 0.29) is 5.91 Å². The van der Waals surface area contributed by atoms with Gasteiger partial charge in [-0.15, -0.1) is 0 Å². The van der Waals surface area contributed by atoms with Crippen LogP contribution in [0.25, 0.3) is 0 Å². The number of pyridine rings is 1. The summed E-state index contributed by atoms with van der Waals surface area (Å²) in [5.41, 5.74) is 1.29. The maximum absolute atomic E-state index is 12.2. The fourth-order valence-electron chi connectivity index (χ4n) is 2.77. The van der Waals surface area contributed by atoms with Gasteiger partial charge in [0.15, 0.2) is 0 Å². The number of hydrogen-bond acceptors (Lipinski definition) is 4. The molecule has 2 fully saturated rings. The molecule has 1 amide bonds. The fourth-order valence-corrected chi connectivity index (χ4v) is 2.77. The van der Waals surface area contributed by atoms with Crippen molar-refractivity contribution < 1.29 is 9.53 Å². The van der Waals surface area contributed by atoms with Crippen LogP contribution in [0, 0.1) is 5.92 Å².